The summed E-state index contributed by atoms with van der Waals surface area (Å²) in [7, 11) is 0. The maximum Gasteiger partial charge on any atom is 0.258 e. The smallest absolute Gasteiger partial charge is 0.258 e. The molecule has 0 atom stereocenters. The van der Waals surface area contributed by atoms with Gasteiger partial charge in [0.05, 0.1) is 0 Å². The van der Waals surface area contributed by atoms with E-state index in [0.717, 1.165) is 44.5 Å². The molecule has 0 unspecified atom stereocenters. The first kappa shape index (κ1) is 17.3. The molecule has 1 aliphatic rings. The summed E-state index contributed by atoms with van der Waals surface area (Å²) in [4.78, 5) is 18.8. The second-order valence-corrected chi connectivity index (χ2v) is 6.49. The van der Waals surface area contributed by atoms with Crippen LogP contribution in [0.15, 0.2) is 47.0 Å². The van der Waals surface area contributed by atoms with Crippen LogP contribution < -0.4 is 0 Å². The molecule has 1 amide bonds. The second-order valence-electron chi connectivity index (χ2n) is 6.49. The molecule has 7 heteroatoms. The molecule has 0 saturated carbocycles. The van der Waals surface area contributed by atoms with E-state index < -0.39 is 11.6 Å². The minimum Gasteiger partial charge on any atom is -0.339 e. The van der Waals surface area contributed by atoms with Crippen LogP contribution in [0.2, 0.25) is 0 Å². The summed E-state index contributed by atoms with van der Waals surface area (Å²) in [6.07, 6.45) is 3.20. The molecule has 0 N–H and O–H groups in total. The minimum absolute atomic E-state index is 0.0131. The lowest BCUT2D eigenvalue weighted by molar-refractivity contribution is 0.0724. The standard InChI is InChI=1S/C20H17F2N3O2/c21-16-8-7-14(12-17(16)22)19-23-18(24-27-19)13-5-4-6-15(11-13)20(26)25-9-2-1-3-10-25/h4-8,11-12H,1-3,9-10H2. The summed E-state index contributed by atoms with van der Waals surface area (Å²) in [5, 5.41) is 3.90. The first-order valence-corrected chi connectivity index (χ1v) is 8.81. The number of nitrogens with zero attached hydrogens (tertiary/aromatic N) is 3. The maximum absolute atomic E-state index is 13.4. The third-order valence-corrected chi connectivity index (χ3v) is 4.60. The fourth-order valence-electron chi connectivity index (χ4n) is 3.16. The molecule has 2 heterocycles. The van der Waals surface area contributed by atoms with E-state index in [1.54, 1.807) is 24.3 Å². The molecule has 0 spiro atoms. The zero-order valence-corrected chi connectivity index (χ0v) is 14.5. The van der Waals surface area contributed by atoms with E-state index in [1.165, 1.54) is 6.07 Å². The summed E-state index contributed by atoms with van der Waals surface area (Å²) in [5.41, 5.74) is 1.47. The number of carbonyl (C=O) groups is 1. The number of likely N-dealkylation sites (tertiary alicyclic amines) is 1. The topological polar surface area (TPSA) is 59.2 Å². The van der Waals surface area contributed by atoms with Gasteiger partial charge in [0.2, 0.25) is 5.82 Å². The Labute approximate surface area is 154 Å². The van der Waals surface area contributed by atoms with Gasteiger partial charge in [-0.15, -0.1) is 0 Å². The van der Waals surface area contributed by atoms with Gasteiger partial charge in [0.15, 0.2) is 11.6 Å². The SMILES string of the molecule is O=C(c1cccc(-c2noc(-c3ccc(F)c(F)c3)n2)c1)N1CCCCC1. The summed E-state index contributed by atoms with van der Waals surface area (Å²) in [5.74, 6) is -1.58. The Kier molecular flexibility index (Phi) is 4.66. The van der Waals surface area contributed by atoms with E-state index in [4.69, 9.17) is 4.52 Å². The highest BCUT2D eigenvalue weighted by Gasteiger charge is 2.19. The predicted octanol–water partition coefficient (Wildman–Crippen LogP) is 4.31. The Hall–Kier alpha value is -3.09. The van der Waals surface area contributed by atoms with Gasteiger partial charge in [-0.2, -0.15) is 4.98 Å². The summed E-state index contributed by atoms with van der Waals surface area (Å²) >= 11 is 0. The molecular weight excluding hydrogens is 352 g/mol. The van der Waals surface area contributed by atoms with Crippen LogP contribution >= 0.6 is 0 Å². The van der Waals surface area contributed by atoms with Gasteiger partial charge < -0.3 is 9.42 Å². The van der Waals surface area contributed by atoms with Gasteiger partial charge in [0, 0.05) is 29.8 Å². The van der Waals surface area contributed by atoms with E-state index in [-0.39, 0.29) is 23.2 Å². The second kappa shape index (κ2) is 7.26. The van der Waals surface area contributed by atoms with Crippen LogP contribution in [-0.2, 0) is 0 Å². The molecular formula is C20H17F2N3O2. The molecule has 5 nitrogen and oxygen atoms in total. The van der Waals surface area contributed by atoms with Crippen LogP contribution in [-0.4, -0.2) is 34.0 Å². The third-order valence-electron chi connectivity index (χ3n) is 4.60. The van der Waals surface area contributed by atoms with E-state index in [2.05, 4.69) is 10.1 Å². The van der Waals surface area contributed by atoms with Gasteiger partial charge in [-0.3, -0.25) is 4.79 Å². The van der Waals surface area contributed by atoms with Crippen LogP contribution in [0.25, 0.3) is 22.8 Å². The number of hydrogen-bond donors (Lipinski definition) is 0. The van der Waals surface area contributed by atoms with Gasteiger partial charge >= 0.3 is 0 Å². The van der Waals surface area contributed by atoms with Crippen LogP contribution in [0.5, 0.6) is 0 Å². The molecule has 2 aromatic carbocycles. The van der Waals surface area contributed by atoms with Crippen molar-refractivity contribution >= 4 is 5.91 Å². The normalized spacial score (nSPS) is 14.4. The average Bonchev–Trinajstić information content (AvgIpc) is 3.20. The van der Waals surface area contributed by atoms with Crippen molar-refractivity contribution in [3.63, 3.8) is 0 Å². The summed E-state index contributed by atoms with van der Waals surface area (Å²) in [6, 6.07) is 10.4. The summed E-state index contributed by atoms with van der Waals surface area (Å²) in [6.45, 7) is 1.54. The molecule has 4 rings (SSSR count). The fraction of sp³-hybridized carbons (Fsp3) is 0.250. The van der Waals surface area contributed by atoms with E-state index >= 15 is 0 Å². The van der Waals surface area contributed by atoms with Crippen molar-refractivity contribution in [1.29, 1.82) is 0 Å². The van der Waals surface area contributed by atoms with E-state index in [0.29, 0.717) is 11.1 Å². The van der Waals surface area contributed by atoms with Gasteiger partial charge in [0.25, 0.3) is 11.8 Å². The average molecular weight is 369 g/mol. The van der Waals surface area contributed by atoms with Gasteiger partial charge in [0.1, 0.15) is 0 Å². The predicted molar refractivity (Wildman–Crippen MR) is 94.8 cm³/mol. The van der Waals surface area contributed by atoms with Gasteiger partial charge in [-0.05, 0) is 49.6 Å². The molecule has 1 saturated heterocycles. The van der Waals surface area contributed by atoms with Crippen molar-refractivity contribution in [1.82, 2.24) is 15.0 Å². The molecule has 1 aromatic heterocycles. The van der Waals surface area contributed by atoms with Crippen molar-refractivity contribution in [2.75, 3.05) is 13.1 Å². The molecule has 1 aliphatic heterocycles. The molecule has 27 heavy (non-hydrogen) atoms. The highest BCUT2D eigenvalue weighted by molar-refractivity contribution is 5.95. The monoisotopic (exact) mass is 369 g/mol. The Morgan fingerprint density at radius 2 is 1.78 bits per heavy atom. The molecule has 1 fully saturated rings. The van der Waals surface area contributed by atoms with Crippen molar-refractivity contribution in [2.24, 2.45) is 0 Å². The fourth-order valence-corrected chi connectivity index (χ4v) is 3.16. The largest absolute Gasteiger partial charge is 0.339 e. The number of amides is 1. The minimum atomic E-state index is -0.985. The van der Waals surface area contributed by atoms with Crippen LogP contribution in [0.3, 0.4) is 0 Å². The summed E-state index contributed by atoms with van der Waals surface area (Å²) < 4.78 is 31.7. The number of rotatable bonds is 3. The maximum atomic E-state index is 13.4. The highest BCUT2D eigenvalue weighted by atomic mass is 19.2. The zero-order chi connectivity index (χ0) is 18.8. The number of piperidine rings is 1. The highest BCUT2D eigenvalue weighted by Crippen LogP contribution is 2.24. The Morgan fingerprint density at radius 3 is 2.56 bits per heavy atom. The lowest BCUT2D eigenvalue weighted by Gasteiger charge is -2.26. The van der Waals surface area contributed by atoms with E-state index in [1.807, 2.05) is 4.90 Å². The first-order chi connectivity index (χ1) is 13.1. The van der Waals surface area contributed by atoms with Crippen LogP contribution in [0.4, 0.5) is 8.78 Å². The zero-order valence-electron chi connectivity index (χ0n) is 14.5. The van der Waals surface area contributed by atoms with Gasteiger partial charge in [-0.25, -0.2) is 8.78 Å². The molecule has 0 bridgehead atoms. The van der Waals surface area contributed by atoms with Crippen molar-refractivity contribution < 1.29 is 18.1 Å². The first-order valence-electron chi connectivity index (χ1n) is 8.81. The van der Waals surface area contributed by atoms with Crippen molar-refractivity contribution in [3.8, 4) is 22.8 Å². The van der Waals surface area contributed by atoms with E-state index in [9.17, 15) is 13.6 Å². The number of carbonyl (C=O) groups excluding carboxylic acids is 1. The Bertz CT molecular complexity index is 981. The van der Waals surface area contributed by atoms with Crippen molar-refractivity contribution in [2.45, 2.75) is 19.3 Å². The van der Waals surface area contributed by atoms with Gasteiger partial charge in [-0.1, -0.05) is 17.3 Å². The lowest BCUT2D eigenvalue weighted by Crippen LogP contribution is -2.35. The molecule has 138 valence electrons. The number of aromatic nitrogens is 2. The Morgan fingerprint density at radius 1 is 0.963 bits per heavy atom. The van der Waals surface area contributed by atoms with Crippen LogP contribution in [0.1, 0.15) is 29.6 Å². The quantitative estimate of drug-likeness (QED) is 0.690. The lowest BCUT2D eigenvalue weighted by atomic mass is 10.1. The molecule has 0 aliphatic carbocycles. The number of halogens is 2. The Balaban J connectivity index is 1.60. The number of benzene rings is 2. The number of hydrogen-bond acceptors (Lipinski definition) is 4. The van der Waals surface area contributed by atoms with Crippen molar-refractivity contribution in [3.05, 3.63) is 59.7 Å². The van der Waals surface area contributed by atoms with Crippen LogP contribution in [0, 0.1) is 11.6 Å². The molecule has 3 aromatic rings. The molecule has 0 radical (unpaired) electrons. The third kappa shape index (κ3) is 3.58.